The first kappa shape index (κ1) is 30.7. The van der Waals surface area contributed by atoms with Crippen molar-refractivity contribution >= 4 is 76.1 Å². The molecule has 0 aliphatic carbocycles. The molecular formula is C50H29N5O. The third-order valence-electron chi connectivity index (χ3n) is 11.1. The normalized spacial score (nSPS) is 11.9. The lowest BCUT2D eigenvalue weighted by Crippen LogP contribution is -2.02. The average molecular weight is 716 g/mol. The van der Waals surface area contributed by atoms with Crippen LogP contribution in [0.2, 0.25) is 0 Å². The summed E-state index contributed by atoms with van der Waals surface area (Å²) in [6.07, 6.45) is 3.60. The van der Waals surface area contributed by atoms with Gasteiger partial charge >= 0.3 is 0 Å². The molecule has 0 amide bonds. The molecule has 4 heterocycles. The standard InChI is InChI=1S/C50H29N5O/c1-2-12-32-30(11-1)27-41(34-14-4-3-13-33(32)34)50-53-48(31-21-22-39-42-29-51-26-25-46(42)56-47(39)28-31)52-49(54-50)40-23-24-45(36-16-6-5-15-35(36)40)55-43-19-9-7-17-37(43)38-18-8-10-20-44(38)55/h1-29H. The highest BCUT2D eigenvalue weighted by molar-refractivity contribution is 6.14. The molecule has 0 saturated heterocycles. The Morgan fingerprint density at radius 1 is 0.393 bits per heavy atom. The van der Waals surface area contributed by atoms with Crippen LogP contribution in [-0.4, -0.2) is 24.5 Å². The first-order valence-electron chi connectivity index (χ1n) is 18.7. The Morgan fingerprint density at radius 3 is 1.77 bits per heavy atom. The van der Waals surface area contributed by atoms with Crippen LogP contribution in [0.15, 0.2) is 181 Å². The van der Waals surface area contributed by atoms with Gasteiger partial charge in [-0.3, -0.25) is 4.98 Å². The van der Waals surface area contributed by atoms with Gasteiger partial charge in [-0.25, -0.2) is 15.0 Å². The second-order valence-electron chi connectivity index (χ2n) is 14.2. The van der Waals surface area contributed by atoms with Crippen molar-refractivity contribution in [3.8, 4) is 39.9 Å². The van der Waals surface area contributed by atoms with Crippen LogP contribution in [0, 0.1) is 0 Å². The van der Waals surface area contributed by atoms with Crippen molar-refractivity contribution in [2.75, 3.05) is 0 Å². The predicted octanol–water partition coefficient (Wildman–Crippen LogP) is 12.7. The molecule has 4 aromatic heterocycles. The summed E-state index contributed by atoms with van der Waals surface area (Å²) in [4.78, 5) is 20.2. The number of hydrogen-bond donors (Lipinski definition) is 0. The predicted molar refractivity (Wildman–Crippen MR) is 228 cm³/mol. The van der Waals surface area contributed by atoms with E-state index in [1.165, 1.54) is 16.2 Å². The Morgan fingerprint density at radius 2 is 1.00 bits per heavy atom. The van der Waals surface area contributed by atoms with E-state index in [1.54, 1.807) is 6.20 Å². The van der Waals surface area contributed by atoms with E-state index < -0.39 is 0 Å². The van der Waals surface area contributed by atoms with Crippen molar-refractivity contribution in [1.82, 2.24) is 24.5 Å². The molecule has 0 aliphatic heterocycles. The monoisotopic (exact) mass is 715 g/mol. The van der Waals surface area contributed by atoms with Crippen LogP contribution in [0.1, 0.15) is 0 Å². The molecule has 0 spiro atoms. The van der Waals surface area contributed by atoms with E-state index in [0.717, 1.165) is 82.3 Å². The third kappa shape index (κ3) is 4.56. The number of fused-ring (bicyclic) bond motifs is 10. The van der Waals surface area contributed by atoms with Crippen LogP contribution in [0.5, 0.6) is 0 Å². The fourth-order valence-electron chi connectivity index (χ4n) is 8.60. The van der Waals surface area contributed by atoms with Crippen molar-refractivity contribution < 1.29 is 4.42 Å². The van der Waals surface area contributed by atoms with E-state index in [1.807, 2.05) is 18.3 Å². The average Bonchev–Trinajstić information content (AvgIpc) is 3.81. The maximum atomic E-state index is 6.30. The van der Waals surface area contributed by atoms with E-state index in [0.29, 0.717) is 17.5 Å². The number of hydrogen-bond acceptors (Lipinski definition) is 5. The zero-order valence-corrected chi connectivity index (χ0v) is 29.9. The molecule has 56 heavy (non-hydrogen) atoms. The van der Waals surface area contributed by atoms with Crippen LogP contribution in [0.4, 0.5) is 0 Å². The number of benzene rings is 8. The van der Waals surface area contributed by atoms with Gasteiger partial charge in [0.05, 0.1) is 16.7 Å². The minimum atomic E-state index is 0.568. The SMILES string of the molecule is c1ccc2c(c1)cc(-c1nc(-c3ccc4c(c3)oc3ccncc34)nc(-c3ccc(-n4c5ccccc5c5ccccc54)c4ccccc34)n1)c1ccccc12. The van der Waals surface area contributed by atoms with E-state index in [-0.39, 0.29) is 0 Å². The summed E-state index contributed by atoms with van der Waals surface area (Å²) < 4.78 is 8.68. The van der Waals surface area contributed by atoms with Gasteiger partial charge in [-0.2, -0.15) is 0 Å². The Hall–Kier alpha value is -7.70. The highest BCUT2D eigenvalue weighted by atomic mass is 16.3. The molecule has 0 unspecified atom stereocenters. The van der Waals surface area contributed by atoms with Crippen LogP contribution >= 0.6 is 0 Å². The molecule has 0 saturated carbocycles. The second kappa shape index (κ2) is 11.9. The van der Waals surface area contributed by atoms with Gasteiger partial charge in [-0.1, -0.05) is 115 Å². The van der Waals surface area contributed by atoms with Gasteiger partial charge in [0.15, 0.2) is 17.5 Å². The summed E-state index contributed by atoms with van der Waals surface area (Å²) in [7, 11) is 0. The molecule has 0 aliphatic rings. The van der Waals surface area contributed by atoms with Gasteiger partial charge in [0.2, 0.25) is 0 Å². The van der Waals surface area contributed by atoms with Crippen LogP contribution in [0.3, 0.4) is 0 Å². The van der Waals surface area contributed by atoms with Crippen LogP contribution < -0.4 is 0 Å². The Balaban J connectivity index is 1.13. The molecule has 6 heteroatoms. The summed E-state index contributed by atoms with van der Waals surface area (Å²) in [6.45, 7) is 0. The second-order valence-corrected chi connectivity index (χ2v) is 14.2. The summed E-state index contributed by atoms with van der Waals surface area (Å²) >= 11 is 0. The molecule has 8 aromatic carbocycles. The lowest BCUT2D eigenvalue weighted by Gasteiger charge is -2.16. The first-order chi connectivity index (χ1) is 27.8. The number of pyridine rings is 1. The van der Waals surface area contributed by atoms with Crippen molar-refractivity contribution in [2.45, 2.75) is 0 Å². The largest absolute Gasteiger partial charge is 0.456 e. The molecule has 12 rings (SSSR count). The molecule has 0 bridgehead atoms. The lowest BCUT2D eigenvalue weighted by atomic mass is 9.96. The van der Waals surface area contributed by atoms with Crippen molar-refractivity contribution in [3.63, 3.8) is 0 Å². The zero-order chi connectivity index (χ0) is 36.7. The molecule has 0 radical (unpaired) electrons. The minimum absolute atomic E-state index is 0.568. The van der Waals surface area contributed by atoms with Gasteiger partial charge < -0.3 is 8.98 Å². The highest BCUT2D eigenvalue weighted by Gasteiger charge is 2.20. The number of aromatic nitrogens is 5. The minimum Gasteiger partial charge on any atom is -0.456 e. The molecular weight excluding hydrogens is 687 g/mol. The fourth-order valence-corrected chi connectivity index (χ4v) is 8.60. The fraction of sp³-hybridized carbons (Fsp3) is 0. The molecule has 6 nitrogen and oxygen atoms in total. The lowest BCUT2D eigenvalue weighted by molar-refractivity contribution is 0.668. The van der Waals surface area contributed by atoms with Gasteiger partial charge in [-0.05, 0) is 75.5 Å². The summed E-state index contributed by atoms with van der Waals surface area (Å²) in [5, 5.41) is 11.1. The van der Waals surface area contributed by atoms with Crippen LogP contribution in [-0.2, 0) is 0 Å². The summed E-state index contributed by atoms with van der Waals surface area (Å²) in [5.74, 6) is 1.77. The first-order valence-corrected chi connectivity index (χ1v) is 18.7. The highest BCUT2D eigenvalue weighted by Crippen LogP contribution is 2.40. The number of furan rings is 1. The van der Waals surface area contributed by atoms with Crippen molar-refractivity contribution in [1.29, 1.82) is 0 Å². The Kier molecular flexibility index (Phi) is 6.53. The maximum absolute atomic E-state index is 6.30. The smallest absolute Gasteiger partial charge is 0.164 e. The topological polar surface area (TPSA) is 69.6 Å². The molecule has 260 valence electrons. The van der Waals surface area contributed by atoms with Gasteiger partial charge in [0.1, 0.15) is 11.2 Å². The molecule has 0 fully saturated rings. The van der Waals surface area contributed by atoms with E-state index in [4.69, 9.17) is 19.4 Å². The summed E-state index contributed by atoms with van der Waals surface area (Å²) in [5.41, 5.74) is 7.69. The van der Waals surface area contributed by atoms with Crippen LogP contribution in [0.25, 0.3) is 116 Å². The van der Waals surface area contributed by atoms with Gasteiger partial charge in [0.25, 0.3) is 0 Å². The quantitative estimate of drug-likeness (QED) is 0.170. The molecule has 0 atom stereocenters. The van der Waals surface area contributed by atoms with Crippen molar-refractivity contribution in [2.24, 2.45) is 0 Å². The third-order valence-corrected chi connectivity index (χ3v) is 11.1. The van der Waals surface area contributed by atoms with Crippen molar-refractivity contribution in [3.05, 3.63) is 176 Å². The Labute approximate surface area is 320 Å². The maximum Gasteiger partial charge on any atom is 0.164 e. The number of rotatable bonds is 4. The van der Waals surface area contributed by atoms with Gasteiger partial charge in [-0.15, -0.1) is 0 Å². The summed E-state index contributed by atoms with van der Waals surface area (Å²) in [6, 6.07) is 57.4. The van der Waals surface area contributed by atoms with Gasteiger partial charge in [0, 0.05) is 56.0 Å². The van der Waals surface area contributed by atoms with E-state index in [2.05, 4.69) is 161 Å². The number of nitrogens with zero attached hydrogens (tertiary/aromatic N) is 5. The van der Waals surface area contributed by atoms with E-state index >= 15 is 0 Å². The molecule has 0 N–H and O–H groups in total. The number of para-hydroxylation sites is 2. The van der Waals surface area contributed by atoms with E-state index in [9.17, 15) is 0 Å². The molecule has 12 aromatic rings. The Bertz CT molecular complexity index is 3510. The zero-order valence-electron chi connectivity index (χ0n) is 29.9.